The molecule has 1 heterocycles. The minimum absolute atomic E-state index is 0.465. The smallest absolute Gasteiger partial charge is 0.137 e. The van der Waals surface area contributed by atoms with Crippen LogP contribution in [0.1, 0.15) is 17.0 Å². The van der Waals surface area contributed by atoms with Gasteiger partial charge >= 0.3 is 0 Å². The monoisotopic (exact) mass is 365 g/mol. The van der Waals surface area contributed by atoms with Gasteiger partial charge in [-0.2, -0.15) is 5.26 Å². The summed E-state index contributed by atoms with van der Waals surface area (Å²) in [6, 6.07) is 14.9. The largest absolute Gasteiger partial charge is 0.495 e. The van der Waals surface area contributed by atoms with Gasteiger partial charge in [-0.25, -0.2) is 9.97 Å². The molecule has 2 aromatic carbocycles. The highest BCUT2D eigenvalue weighted by Gasteiger charge is 2.09. The summed E-state index contributed by atoms with van der Waals surface area (Å²) in [4.78, 5) is 8.94. The van der Waals surface area contributed by atoms with E-state index in [-0.39, 0.29) is 0 Å². The molecular weight excluding hydrogens is 350 g/mol. The third kappa shape index (κ3) is 3.76. The normalized spacial score (nSPS) is 10.2. The first-order valence-corrected chi connectivity index (χ1v) is 8.25. The highest BCUT2D eigenvalue weighted by Crippen LogP contribution is 2.27. The minimum atomic E-state index is 0.465. The second-order valence-corrected chi connectivity index (χ2v) is 5.94. The molecule has 0 aliphatic carbocycles. The Morgan fingerprint density at radius 3 is 2.50 bits per heavy atom. The molecule has 0 N–H and O–H groups in total. The molecule has 0 aliphatic heterocycles. The predicted octanol–water partition coefficient (Wildman–Crippen LogP) is 4.28. The average Bonchev–Trinajstić information content (AvgIpc) is 2.68. The topological polar surface area (TPSA) is 68.0 Å². The highest BCUT2D eigenvalue weighted by atomic mass is 35.5. The van der Waals surface area contributed by atoms with Crippen LogP contribution in [0, 0.1) is 11.3 Å². The third-order valence-corrected chi connectivity index (χ3v) is 4.19. The predicted molar refractivity (Wildman–Crippen MR) is 99.5 cm³/mol. The van der Waals surface area contributed by atoms with E-state index in [4.69, 9.17) is 21.1 Å². The maximum absolute atomic E-state index is 9.25. The van der Waals surface area contributed by atoms with Gasteiger partial charge in [0.05, 0.1) is 30.5 Å². The molecule has 0 amide bonds. The van der Waals surface area contributed by atoms with Gasteiger partial charge < -0.3 is 9.47 Å². The van der Waals surface area contributed by atoms with Crippen molar-refractivity contribution in [1.29, 1.82) is 5.26 Å². The lowest BCUT2D eigenvalue weighted by Gasteiger charge is -2.08. The van der Waals surface area contributed by atoms with Crippen molar-refractivity contribution >= 4 is 11.6 Å². The Bertz CT molecular complexity index is 983. The van der Waals surface area contributed by atoms with Crippen LogP contribution in [0.4, 0.5) is 0 Å². The Morgan fingerprint density at radius 2 is 1.81 bits per heavy atom. The Morgan fingerprint density at radius 1 is 1.04 bits per heavy atom. The van der Waals surface area contributed by atoms with Crippen molar-refractivity contribution in [3.63, 3.8) is 0 Å². The summed E-state index contributed by atoms with van der Waals surface area (Å²) < 4.78 is 10.3. The van der Waals surface area contributed by atoms with Crippen LogP contribution < -0.4 is 9.47 Å². The molecule has 26 heavy (non-hydrogen) atoms. The van der Waals surface area contributed by atoms with Gasteiger partial charge in [-0.05, 0) is 42.0 Å². The molecule has 0 radical (unpaired) electrons. The number of nitriles is 1. The molecule has 0 spiro atoms. The zero-order valence-corrected chi connectivity index (χ0v) is 15.1. The van der Waals surface area contributed by atoms with Crippen molar-refractivity contribution < 1.29 is 9.47 Å². The Labute approximate surface area is 156 Å². The highest BCUT2D eigenvalue weighted by molar-refractivity contribution is 6.32. The van der Waals surface area contributed by atoms with Crippen molar-refractivity contribution in [3.8, 4) is 28.8 Å². The lowest BCUT2D eigenvalue weighted by atomic mass is 10.1. The zero-order valence-electron chi connectivity index (χ0n) is 14.4. The Kier molecular flexibility index (Phi) is 5.35. The molecule has 5 nitrogen and oxygen atoms in total. The van der Waals surface area contributed by atoms with Crippen molar-refractivity contribution in [1.82, 2.24) is 9.97 Å². The van der Waals surface area contributed by atoms with Crippen LogP contribution in [-0.4, -0.2) is 24.2 Å². The first-order valence-electron chi connectivity index (χ1n) is 7.87. The van der Waals surface area contributed by atoms with Gasteiger partial charge in [0.1, 0.15) is 23.4 Å². The SMILES string of the molecule is COc1ccc(Cc2nccc(-c3ccc(OC)c(C#N)c3)n2)cc1Cl. The lowest BCUT2D eigenvalue weighted by Crippen LogP contribution is -1.98. The number of rotatable bonds is 5. The number of halogens is 1. The van der Waals surface area contributed by atoms with E-state index < -0.39 is 0 Å². The fraction of sp³-hybridized carbons (Fsp3) is 0.150. The summed E-state index contributed by atoms with van der Waals surface area (Å²) in [5.41, 5.74) is 3.03. The van der Waals surface area contributed by atoms with Gasteiger partial charge in [0.2, 0.25) is 0 Å². The number of nitrogens with zero attached hydrogens (tertiary/aromatic N) is 3. The molecule has 3 aromatic rings. The first-order chi connectivity index (χ1) is 12.6. The van der Waals surface area contributed by atoms with Crippen molar-refractivity contribution in [2.45, 2.75) is 6.42 Å². The van der Waals surface area contributed by atoms with E-state index >= 15 is 0 Å². The quantitative estimate of drug-likeness (QED) is 0.675. The van der Waals surface area contributed by atoms with Gasteiger partial charge in [-0.15, -0.1) is 0 Å². The van der Waals surface area contributed by atoms with Crippen LogP contribution >= 0.6 is 11.6 Å². The van der Waals surface area contributed by atoms with E-state index in [1.807, 2.05) is 30.3 Å². The van der Waals surface area contributed by atoms with Crippen molar-refractivity contribution in [2.24, 2.45) is 0 Å². The molecule has 0 bridgehead atoms. The molecule has 0 unspecified atom stereocenters. The number of methoxy groups -OCH3 is 2. The summed E-state index contributed by atoms with van der Waals surface area (Å²) in [6.45, 7) is 0. The van der Waals surface area contributed by atoms with Gasteiger partial charge in [0, 0.05) is 18.2 Å². The van der Waals surface area contributed by atoms with E-state index in [2.05, 4.69) is 16.0 Å². The summed E-state index contributed by atoms with van der Waals surface area (Å²) in [5.74, 6) is 1.84. The van der Waals surface area contributed by atoms with E-state index in [0.717, 1.165) is 16.8 Å². The first kappa shape index (κ1) is 17.7. The maximum Gasteiger partial charge on any atom is 0.137 e. The van der Waals surface area contributed by atoms with Crippen LogP contribution in [0.15, 0.2) is 48.7 Å². The van der Waals surface area contributed by atoms with E-state index in [1.54, 1.807) is 32.5 Å². The fourth-order valence-corrected chi connectivity index (χ4v) is 2.88. The van der Waals surface area contributed by atoms with Gasteiger partial charge in [-0.3, -0.25) is 0 Å². The van der Waals surface area contributed by atoms with Gasteiger partial charge in [0.15, 0.2) is 0 Å². The molecule has 3 rings (SSSR count). The second kappa shape index (κ2) is 7.85. The summed E-state index contributed by atoms with van der Waals surface area (Å²) in [6.07, 6.45) is 2.25. The van der Waals surface area contributed by atoms with Crippen LogP contribution in [0.3, 0.4) is 0 Å². The molecule has 0 saturated heterocycles. The Balaban J connectivity index is 1.89. The second-order valence-electron chi connectivity index (χ2n) is 5.53. The summed E-state index contributed by atoms with van der Waals surface area (Å²) >= 11 is 6.18. The van der Waals surface area contributed by atoms with Crippen LogP contribution in [0.25, 0.3) is 11.3 Å². The van der Waals surface area contributed by atoms with E-state index in [9.17, 15) is 5.26 Å². The van der Waals surface area contributed by atoms with Gasteiger partial charge in [-0.1, -0.05) is 17.7 Å². The standard InChI is InChI=1S/C20H16ClN3O2/c1-25-18-6-4-14(11-15(18)12-22)17-7-8-23-20(24-17)10-13-3-5-19(26-2)16(21)9-13/h3-9,11H,10H2,1-2H3. The molecule has 0 fully saturated rings. The number of hydrogen-bond acceptors (Lipinski definition) is 5. The molecule has 0 aliphatic rings. The van der Waals surface area contributed by atoms with Crippen LogP contribution in [0.2, 0.25) is 5.02 Å². The summed E-state index contributed by atoms with van der Waals surface area (Å²) in [7, 11) is 3.12. The molecule has 0 atom stereocenters. The molecule has 130 valence electrons. The number of hydrogen-bond donors (Lipinski definition) is 0. The summed E-state index contributed by atoms with van der Waals surface area (Å²) in [5, 5.41) is 9.80. The molecule has 6 heteroatoms. The molecular formula is C20H16ClN3O2. The maximum atomic E-state index is 9.25. The van der Waals surface area contributed by atoms with E-state index in [1.165, 1.54) is 0 Å². The number of ether oxygens (including phenoxy) is 2. The number of benzene rings is 2. The van der Waals surface area contributed by atoms with Crippen molar-refractivity contribution in [2.75, 3.05) is 14.2 Å². The molecule has 1 aromatic heterocycles. The number of aromatic nitrogens is 2. The zero-order chi connectivity index (χ0) is 18.5. The van der Waals surface area contributed by atoms with Crippen LogP contribution in [0.5, 0.6) is 11.5 Å². The van der Waals surface area contributed by atoms with Crippen molar-refractivity contribution in [3.05, 3.63) is 70.6 Å². The Hall–Kier alpha value is -3.10. The lowest BCUT2D eigenvalue weighted by molar-refractivity contribution is 0.413. The van der Waals surface area contributed by atoms with Crippen LogP contribution in [-0.2, 0) is 6.42 Å². The fourth-order valence-electron chi connectivity index (χ4n) is 2.60. The average molecular weight is 366 g/mol. The van der Waals surface area contributed by atoms with E-state index in [0.29, 0.717) is 34.3 Å². The minimum Gasteiger partial charge on any atom is -0.495 e. The molecule has 0 saturated carbocycles. The van der Waals surface area contributed by atoms with Gasteiger partial charge in [0.25, 0.3) is 0 Å². The third-order valence-electron chi connectivity index (χ3n) is 3.90.